The number of rotatable bonds is 10. The Bertz CT molecular complexity index is 1410. The zero-order valence-electron chi connectivity index (χ0n) is 22.2. The van der Waals surface area contributed by atoms with Crippen molar-refractivity contribution in [3.8, 4) is 0 Å². The molecule has 0 bridgehead atoms. The van der Waals surface area contributed by atoms with E-state index in [2.05, 4.69) is 26.9 Å². The number of para-hydroxylation sites is 2. The molecule has 0 aliphatic heterocycles. The average molecular weight is 543 g/mol. The van der Waals surface area contributed by atoms with Crippen LogP contribution in [0.5, 0.6) is 0 Å². The van der Waals surface area contributed by atoms with Crippen molar-refractivity contribution in [2.75, 3.05) is 6.54 Å². The maximum Gasteiger partial charge on any atom is 0.252 e. The summed E-state index contributed by atoms with van der Waals surface area (Å²) in [7, 11) is 0. The van der Waals surface area contributed by atoms with Gasteiger partial charge in [0.05, 0.1) is 21.6 Å². The number of hydrogen-bond donors (Lipinski definition) is 1. The highest BCUT2D eigenvalue weighted by molar-refractivity contribution is 6.33. The summed E-state index contributed by atoms with van der Waals surface area (Å²) >= 11 is 6.16. The fourth-order valence-corrected chi connectivity index (χ4v) is 5.72. The summed E-state index contributed by atoms with van der Waals surface area (Å²) in [5, 5.41) is 3.40. The average Bonchev–Trinajstić information content (AvgIpc) is 3.32. The minimum absolute atomic E-state index is 0.127. The highest BCUT2D eigenvalue weighted by atomic mass is 35.5. The molecule has 1 saturated carbocycles. The number of fused-ring (bicyclic) bond motifs is 1. The molecule has 4 aromatic rings. The smallest absolute Gasteiger partial charge is 0.252 e. The maximum absolute atomic E-state index is 13.9. The summed E-state index contributed by atoms with van der Waals surface area (Å²) in [4.78, 5) is 33.4. The summed E-state index contributed by atoms with van der Waals surface area (Å²) in [5.41, 5.74) is 3.47. The second-order valence-corrected chi connectivity index (χ2v) is 10.6. The molecule has 5 rings (SSSR count). The number of carbonyl (C=O) groups excluding carboxylic acids is 2. The van der Waals surface area contributed by atoms with Crippen LogP contribution in [-0.4, -0.2) is 38.9 Å². The van der Waals surface area contributed by atoms with Crippen LogP contribution >= 0.6 is 11.6 Å². The lowest BCUT2D eigenvalue weighted by molar-refractivity contribution is -0.135. The van der Waals surface area contributed by atoms with Crippen LogP contribution in [0.15, 0.2) is 78.9 Å². The fraction of sp³-hybridized carbons (Fsp3) is 0.344. The highest BCUT2D eigenvalue weighted by Crippen LogP contribution is 2.26. The molecule has 0 atom stereocenters. The number of aromatic nitrogens is 2. The van der Waals surface area contributed by atoms with Crippen LogP contribution in [0.4, 0.5) is 0 Å². The number of benzene rings is 3. The van der Waals surface area contributed by atoms with Gasteiger partial charge in [-0.05, 0) is 49.1 Å². The Morgan fingerprint density at radius 1 is 0.923 bits per heavy atom. The van der Waals surface area contributed by atoms with Gasteiger partial charge in [0.1, 0.15) is 12.4 Å². The first kappa shape index (κ1) is 26.9. The third kappa shape index (κ3) is 6.69. The standard InChI is InChI=1S/C32H35ClN4O2/c33-27-17-8-7-16-26(27)32(39)34-21-11-20-30-35-28-18-9-10-19-29(28)37(30)23-31(38)36(25-14-5-2-6-15-25)22-24-12-3-1-4-13-24/h1,3-4,7-10,12-13,16-19,25H,2,5-6,11,14-15,20-23H2,(H,34,39). The topological polar surface area (TPSA) is 67.2 Å². The van der Waals surface area contributed by atoms with Gasteiger partial charge in [-0.1, -0.05) is 85.5 Å². The van der Waals surface area contributed by atoms with Crippen LogP contribution in [0.2, 0.25) is 5.02 Å². The van der Waals surface area contributed by atoms with Gasteiger partial charge < -0.3 is 14.8 Å². The number of carbonyl (C=O) groups is 2. The highest BCUT2D eigenvalue weighted by Gasteiger charge is 2.27. The van der Waals surface area contributed by atoms with E-state index in [1.54, 1.807) is 24.3 Å². The zero-order chi connectivity index (χ0) is 27.0. The van der Waals surface area contributed by atoms with Gasteiger partial charge in [0.2, 0.25) is 5.91 Å². The molecule has 1 heterocycles. The monoisotopic (exact) mass is 542 g/mol. The van der Waals surface area contributed by atoms with Crippen molar-refractivity contribution in [1.82, 2.24) is 19.8 Å². The van der Waals surface area contributed by atoms with Gasteiger partial charge in [0, 0.05) is 25.6 Å². The van der Waals surface area contributed by atoms with Crippen molar-refractivity contribution in [2.24, 2.45) is 0 Å². The van der Waals surface area contributed by atoms with Crippen LogP contribution in [-0.2, 0) is 24.3 Å². The first-order chi connectivity index (χ1) is 19.1. The quantitative estimate of drug-likeness (QED) is 0.235. The number of nitrogens with one attached hydrogen (secondary N) is 1. The van der Waals surface area contributed by atoms with Crippen molar-refractivity contribution >= 4 is 34.4 Å². The van der Waals surface area contributed by atoms with Gasteiger partial charge in [-0.2, -0.15) is 0 Å². The van der Waals surface area contributed by atoms with Gasteiger partial charge in [-0.25, -0.2) is 4.98 Å². The summed E-state index contributed by atoms with van der Waals surface area (Å²) in [6.45, 7) is 1.37. The Morgan fingerprint density at radius 2 is 1.64 bits per heavy atom. The minimum Gasteiger partial charge on any atom is -0.352 e. The number of halogens is 1. The third-order valence-corrected chi connectivity index (χ3v) is 7.87. The van der Waals surface area contributed by atoms with Gasteiger partial charge in [-0.3, -0.25) is 9.59 Å². The van der Waals surface area contributed by atoms with Gasteiger partial charge in [0.15, 0.2) is 0 Å². The molecule has 202 valence electrons. The molecule has 0 unspecified atom stereocenters. The molecule has 6 nitrogen and oxygen atoms in total. The van der Waals surface area contributed by atoms with Crippen LogP contribution < -0.4 is 5.32 Å². The van der Waals surface area contributed by atoms with Crippen molar-refractivity contribution in [3.05, 3.63) is 101 Å². The van der Waals surface area contributed by atoms with Crippen LogP contribution in [0, 0.1) is 0 Å². The molecule has 1 aromatic heterocycles. The number of imidazole rings is 1. The molecule has 39 heavy (non-hydrogen) atoms. The molecule has 0 saturated heterocycles. The third-order valence-electron chi connectivity index (χ3n) is 7.54. The lowest BCUT2D eigenvalue weighted by Crippen LogP contribution is -2.42. The molecule has 7 heteroatoms. The van der Waals surface area contributed by atoms with E-state index in [9.17, 15) is 9.59 Å². The normalized spacial score (nSPS) is 13.9. The first-order valence-electron chi connectivity index (χ1n) is 13.9. The van der Waals surface area contributed by atoms with Gasteiger partial charge >= 0.3 is 0 Å². The zero-order valence-corrected chi connectivity index (χ0v) is 22.9. The second kappa shape index (κ2) is 12.9. The van der Waals surface area contributed by atoms with Crippen molar-refractivity contribution in [3.63, 3.8) is 0 Å². The maximum atomic E-state index is 13.9. The van der Waals surface area contributed by atoms with Gasteiger partial charge in [-0.15, -0.1) is 0 Å². The van der Waals surface area contributed by atoms with Crippen LogP contribution in [0.1, 0.15) is 60.3 Å². The molecule has 0 radical (unpaired) electrons. The lowest BCUT2D eigenvalue weighted by atomic mass is 9.93. The Labute approximate surface area is 235 Å². The molecule has 3 aromatic carbocycles. The molecule has 1 aliphatic carbocycles. The van der Waals surface area contributed by atoms with Crippen molar-refractivity contribution < 1.29 is 9.59 Å². The number of amides is 2. The van der Waals surface area contributed by atoms with E-state index < -0.39 is 0 Å². The fourth-order valence-electron chi connectivity index (χ4n) is 5.50. The van der Waals surface area contributed by atoms with E-state index >= 15 is 0 Å². The van der Waals surface area contributed by atoms with Crippen LogP contribution in [0.25, 0.3) is 11.0 Å². The summed E-state index contributed by atoms with van der Waals surface area (Å²) in [5.74, 6) is 0.801. The van der Waals surface area contributed by atoms with Crippen molar-refractivity contribution in [2.45, 2.75) is 64.1 Å². The van der Waals surface area contributed by atoms with Crippen molar-refractivity contribution in [1.29, 1.82) is 0 Å². The lowest BCUT2D eigenvalue weighted by Gasteiger charge is -2.35. The molecule has 1 N–H and O–H groups in total. The Hall–Kier alpha value is -3.64. The number of nitrogens with zero attached hydrogens (tertiary/aromatic N) is 3. The number of hydrogen-bond acceptors (Lipinski definition) is 3. The van der Waals surface area contributed by atoms with E-state index in [0.717, 1.165) is 35.3 Å². The van der Waals surface area contributed by atoms with E-state index in [1.165, 1.54) is 19.3 Å². The summed E-state index contributed by atoms with van der Waals surface area (Å²) in [6, 6.07) is 25.5. The summed E-state index contributed by atoms with van der Waals surface area (Å²) in [6.07, 6.45) is 7.04. The SMILES string of the molecule is O=C(NCCCc1nc2ccccc2n1CC(=O)N(Cc1ccccc1)C1CCCCC1)c1ccccc1Cl. The molecular weight excluding hydrogens is 508 g/mol. The second-order valence-electron chi connectivity index (χ2n) is 10.2. The van der Waals surface area contributed by atoms with E-state index in [0.29, 0.717) is 36.5 Å². The predicted molar refractivity (Wildman–Crippen MR) is 156 cm³/mol. The Kier molecular flexibility index (Phi) is 8.94. The largest absolute Gasteiger partial charge is 0.352 e. The summed E-state index contributed by atoms with van der Waals surface area (Å²) < 4.78 is 2.06. The van der Waals surface area contributed by atoms with E-state index in [-0.39, 0.29) is 24.4 Å². The number of aryl methyl sites for hydroxylation is 1. The molecule has 1 aliphatic rings. The van der Waals surface area contributed by atoms with E-state index in [4.69, 9.17) is 16.6 Å². The Balaban J connectivity index is 1.30. The minimum atomic E-state index is -0.187. The van der Waals surface area contributed by atoms with Crippen LogP contribution in [0.3, 0.4) is 0 Å². The van der Waals surface area contributed by atoms with E-state index in [1.807, 2.05) is 42.5 Å². The molecule has 2 amide bonds. The van der Waals surface area contributed by atoms with Gasteiger partial charge in [0.25, 0.3) is 5.91 Å². The molecule has 1 fully saturated rings. The predicted octanol–water partition coefficient (Wildman–Crippen LogP) is 6.41. The first-order valence-corrected chi connectivity index (χ1v) is 14.3. The Morgan fingerprint density at radius 3 is 2.44 bits per heavy atom. The molecule has 0 spiro atoms. The molecular formula is C32H35ClN4O2.